The van der Waals surface area contributed by atoms with E-state index in [2.05, 4.69) is 5.32 Å². The lowest BCUT2D eigenvalue weighted by atomic mass is 9.74. The maximum absolute atomic E-state index is 10.9. The van der Waals surface area contributed by atoms with E-state index in [-0.39, 0.29) is 10.8 Å². The number of nitrogens with one attached hydrogen (secondary N) is 1. The molecule has 0 radical (unpaired) electrons. The van der Waals surface area contributed by atoms with Gasteiger partial charge in [-0.2, -0.15) is 0 Å². The molecule has 3 rings (SSSR count). The molecule has 2 aliphatic carbocycles. The summed E-state index contributed by atoms with van der Waals surface area (Å²) in [5, 5.41) is 12.0. The standard InChI is InChI=1S/C10H13Cl2NO2/c11-10(12)8(2-1-3-8)9(10)4-6(7(14)15)13-5-9/h6,13H,1-5H2,(H,14,15)/t6-,9?/m0/s1. The van der Waals surface area contributed by atoms with Crippen molar-refractivity contribution in [3.63, 3.8) is 0 Å². The summed E-state index contributed by atoms with van der Waals surface area (Å²) in [4.78, 5) is 10.9. The molecule has 2 atom stereocenters. The van der Waals surface area contributed by atoms with Crippen LogP contribution in [0.4, 0.5) is 0 Å². The highest BCUT2D eigenvalue weighted by Gasteiger charge is 2.88. The molecule has 3 aliphatic rings. The van der Waals surface area contributed by atoms with E-state index >= 15 is 0 Å². The molecule has 0 aromatic carbocycles. The summed E-state index contributed by atoms with van der Waals surface area (Å²) in [5.41, 5.74) is -0.162. The van der Waals surface area contributed by atoms with Crippen molar-refractivity contribution >= 4 is 29.2 Å². The Kier molecular flexibility index (Phi) is 1.79. The van der Waals surface area contributed by atoms with E-state index in [9.17, 15) is 4.79 Å². The number of rotatable bonds is 1. The predicted molar refractivity (Wildman–Crippen MR) is 57.2 cm³/mol. The van der Waals surface area contributed by atoms with Gasteiger partial charge in [0.05, 0.1) is 0 Å². The van der Waals surface area contributed by atoms with E-state index in [0.717, 1.165) is 12.8 Å². The average molecular weight is 250 g/mol. The van der Waals surface area contributed by atoms with Crippen LogP contribution in [-0.4, -0.2) is 28.0 Å². The van der Waals surface area contributed by atoms with Crippen LogP contribution in [0.5, 0.6) is 0 Å². The number of hydrogen-bond acceptors (Lipinski definition) is 2. The largest absolute Gasteiger partial charge is 0.480 e. The van der Waals surface area contributed by atoms with Crippen molar-refractivity contribution in [2.24, 2.45) is 10.8 Å². The summed E-state index contributed by atoms with van der Waals surface area (Å²) in [6, 6.07) is -0.471. The quantitative estimate of drug-likeness (QED) is 0.697. The van der Waals surface area contributed by atoms with Crippen molar-refractivity contribution in [1.82, 2.24) is 5.32 Å². The second-order valence-corrected chi connectivity index (χ2v) is 6.40. The fourth-order valence-corrected chi connectivity index (χ4v) is 4.93. The summed E-state index contributed by atoms with van der Waals surface area (Å²) in [6.07, 6.45) is 3.85. The van der Waals surface area contributed by atoms with Gasteiger partial charge in [0.25, 0.3) is 0 Å². The minimum atomic E-state index is -0.794. The van der Waals surface area contributed by atoms with Crippen LogP contribution in [0.2, 0.25) is 0 Å². The molecule has 2 saturated carbocycles. The van der Waals surface area contributed by atoms with E-state index in [1.807, 2.05) is 0 Å². The maximum Gasteiger partial charge on any atom is 0.320 e. The number of carboxylic acids is 1. The van der Waals surface area contributed by atoms with Gasteiger partial charge in [0.2, 0.25) is 0 Å². The van der Waals surface area contributed by atoms with E-state index in [0.29, 0.717) is 13.0 Å². The summed E-state index contributed by atoms with van der Waals surface area (Å²) in [7, 11) is 0. The predicted octanol–water partition coefficient (Wildman–Crippen LogP) is 1.78. The van der Waals surface area contributed by atoms with Crippen LogP contribution in [0.1, 0.15) is 25.7 Å². The normalized spacial score (nSPS) is 44.3. The van der Waals surface area contributed by atoms with Crippen LogP contribution in [0.3, 0.4) is 0 Å². The first-order chi connectivity index (χ1) is 6.97. The van der Waals surface area contributed by atoms with Crippen molar-refractivity contribution < 1.29 is 9.90 Å². The van der Waals surface area contributed by atoms with Crippen molar-refractivity contribution in [3.8, 4) is 0 Å². The molecular formula is C10H13Cl2NO2. The Morgan fingerprint density at radius 3 is 2.33 bits per heavy atom. The Labute approximate surface area is 98.1 Å². The zero-order valence-corrected chi connectivity index (χ0v) is 9.74. The first-order valence-electron chi connectivity index (χ1n) is 5.31. The molecule has 0 amide bonds. The van der Waals surface area contributed by atoms with Crippen LogP contribution in [0, 0.1) is 10.8 Å². The van der Waals surface area contributed by atoms with Gasteiger partial charge in [0.1, 0.15) is 10.4 Å². The van der Waals surface area contributed by atoms with Gasteiger partial charge in [-0.25, -0.2) is 0 Å². The van der Waals surface area contributed by atoms with Crippen LogP contribution in [0.25, 0.3) is 0 Å². The van der Waals surface area contributed by atoms with Crippen LogP contribution < -0.4 is 5.32 Å². The molecular weight excluding hydrogens is 237 g/mol. The second kappa shape index (κ2) is 2.63. The third-order valence-corrected chi connectivity index (χ3v) is 6.21. The lowest BCUT2D eigenvalue weighted by molar-refractivity contribution is -0.139. The Hall–Kier alpha value is 0.01000. The van der Waals surface area contributed by atoms with Gasteiger partial charge in [0, 0.05) is 17.4 Å². The van der Waals surface area contributed by atoms with E-state index < -0.39 is 16.3 Å². The number of carbonyl (C=O) groups is 1. The van der Waals surface area contributed by atoms with Crippen LogP contribution >= 0.6 is 23.2 Å². The molecule has 84 valence electrons. The van der Waals surface area contributed by atoms with E-state index in [1.165, 1.54) is 6.42 Å². The van der Waals surface area contributed by atoms with Crippen molar-refractivity contribution in [2.75, 3.05) is 6.54 Å². The monoisotopic (exact) mass is 249 g/mol. The minimum absolute atomic E-state index is 0.0142. The SMILES string of the molecule is O=C(O)[C@@H]1CC2(CN1)C(Cl)(Cl)C21CCC1. The number of fused-ring (bicyclic) bond motifs is 1. The van der Waals surface area contributed by atoms with Gasteiger partial charge in [-0.3, -0.25) is 4.79 Å². The summed E-state index contributed by atoms with van der Waals surface area (Å²) >= 11 is 12.7. The van der Waals surface area contributed by atoms with Gasteiger partial charge in [-0.15, -0.1) is 23.2 Å². The van der Waals surface area contributed by atoms with Gasteiger partial charge in [-0.1, -0.05) is 6.42 Å². The van der Waals surface area contributed by atoms with Gasteiger partial charge >= 0.3 is 5.97 Å². The van der Waals surface area contributed by atoms with Crippen LogP contribution in [0.15, 0.2) is 0 Å². The highest BCUT2D eigenvalue weighted by atomic mass is 35.5. The smallest absolute Gasteiger partial charge is 0.320 e. The Bertz CT molecular complexity index is 340. The molecule has 15 heavy (non-hydrogen) atoms. The Balaban J connectivity index is 1.87. The van der Waals surface area contributed by atoms with Gasteiger partial charge in [-0.05, 0) is 19.3 Å². The van der Waals surface area contributed by atoms with Gasteiger partial charge < -0.3 is 10.4 Å². The fourth-order valence-electron chi connectivity index (χ4n) is 3.63. The minimum Gasteiger partial charge on any atom is -0.480 e. The van der Waals surface area contributed by atoms with Crippen LogP contribution in [-0.2, 0) is 4.79 Å². The molecule has 1 saturated heterocycles. The average Bonchev–Trinajstić information content (AvgIpc) is 2.43. The molecule has 0 bridgehead atoms. The highest BCUT2D eigenvalue weighted by molar-refractivity contribution is 6.52. The molecule has 1 aliphatic heterocycles. The number of alkyl halides is 2. The molecule has 3 fully saturated rings. The second-order valence-electron chi connectivity index (χ2n) is 5.07. The molecule has 2 N–H and O–H groups in total. The number of halogens is 2. The van der Waals surface area contributed by atoms with E-state index in [1.54, 1.807) is 0 Å². The molecule has 5 heteroatoms. The first-order valence-corrected chi connectivity index (χ1v) is 6.06. The van der Waals surface area contributed by atoms with Crippen molar-refractivity contribution in [2.45, 2.75) is 36.1 Å². The van der Waals surface area contributed by atoms with Crippen molar-refractivity contribution in [1.29, 1.82) is 0 Å². The number of carboxylic acid groups (broad SMARTS) is 1. The number of aliphatic carboxylic acids is 1. The first kappa shape index (κ1) is 10.2. The summed E-state index contributed by atoms with van der Waals surface area (Å²) in [5.74, 6) is -0.794. The lowest BCUT2D eigenvalue weighted by Crippen LogP contribution is -2.30. The number of hydrogen-bond donors (Lipinski definition) is 2. The zero-order chi connectivity index (χ0) is 10.9. The fraction of sp³-hybridized carbons (Fsp3) is 0.900. The summed E-state index contributed by atoms with van der Waals surface area (Å²) in [6.45, 7) is 0.650. The molecule has 0 aromatic rings. The zero-order valence-electron chi connectivity index (χ0n) is 8.22. The highest BCUT2D eigenvalue weighted by Crippen LogP contribution is 2.87. The molecule has 0 aromatic heterocycles. The Morgan fingerprint density at radius 2 is 2.00 bits per heavy atom. The Morgan fingerprint density at radius 1 is 1.33 bits per heavy atom. The molecule has 3 nitrogen and oxygen atoms in total. The van der Waals surface area contributed by atoms with E-state index in [4.69, 9.17) is 28.3 Å². The summed E-state index contributed by atoms with van der Waals surface area (Å²) < 4.78 is -0.699. The molecule has 1 heterocycles. The third-order valence-electron chi connectivity index (χ3n) is 4.76. The van der Waals surface area contributed by atoms with Crippen molar-refractivity contribution in [3.05, 3.63) is 0 Å². The lowest BCUT2D eigenvalue weighted by Gasteiger charge is -2.30. The molecule has 1 unspecified atom stereocenters. The van der Waals surface area contributed by atoms with Gasteiger partial charge in [0.15, 0.2) is 0 Å². The topological polar surface area (TPSA) is 49.3 Å². The maximum atomic E-state index is 10.9. The molecule has 2 spiro atoms. The third kappa shape index (κ3) is 0.877.